The molecular weight excluding hydrogens is 340 g/mol. The molecule has 2 aromatic rings. The minimum atomic E-state index is -0.339. The van der Waals surface area contributed by atoms with Crippen molar-refractivity contribution in [3.8, 4) is 0 Å². The number of aromatic amines is 1. The molecule has 0 radical (unpaired) electrons. The summed E-state index contributed by atoms with van der Waals surface area (Å²) in [7, 11) is 0. The third-order valence-electron chi connectivity index (χ3n) is 6.01. The van der Waals surface area contributed by atoms with Gasteiger partial charge in [0, 0.05) is 18.2 Å². The highest BCUT2D eigenvalue weighted by Crippen LogP contribution is 2.27. The zero-order valence-electron chi connectivity index (χ0n) is 16.0. The molecule has 2 fully saturated rings. The molecule has 0 unspecified atom stereocenters. The van der Waals surface area contributed by atoms with Gasteiger partial charge in [0.1, 0.15) is 6.10 Å². The number of nitrogens with zero attached hydrogens (tertiary/aromatic N) is 1. The fourth-order valence-electron chi connectivity index (χ4n) is 4.47. The lowest BCUT2D eigenvalue weighted by Gasteiger charge is -2.35. The minimum Gasteiger partial charge on any atom is -0.368 e. The van der Waals surface area contributed by atoms with Crippen molar-refractivity contribution in [2.45, 2.75) is 70.6 Å². The predicted molar refractivity (Wildman–Crippen MR) is 106 cm³/mol. The van der Waals surface area contributed by atoms with E-state index in [1.165, 1.54) is 6.42 Å². The third kappa shape index (κ3) is 3.79. The molecule has 2 aliphatic rings. The number of hydrogen-bond acceptors (Lipinski definition) is 3. The number of hydrogen-bond donors (Lipinski definition) is 1. The lowest BCUT2D eigenvalue weighted by Crippen LogP contribution is -2.46. The maximum atomic E-state index is 13.2. The number of nitrogens with one attached hydrogen (secondary N) is 1. The maximum Gasteiger partial charge on any atom is 0.253 e. The number of pyridine rings is 1. The van der Waals surface area contributed by atoms with Gasteiger partial charge in [-0.1, -0.05) is 37.5 Å². The first-order valence-electron chi connectivity index (χ1n) is 10.2. The second-order valence-corrected chi connectivity index (χ2v) is 7.92. The number of benzene rings is 1. The fraction of sp³-hybridized carbons (Fsp3) is 0.545. The number of carbonyl (C=O) groups is 1. The van der Waals surface area contributed by atoms with Crippen molar-refractivity contribution in [2.24, 2.45) is 0 Å². The van der Waals surface area contributed by atoms with E-state index in [4.69, 9.17) is 4.74 Å². The molecule has 1 amide bonds. The van der Waals surface area contributed by atoms with E-state index in [1.807, 2.05) is 36.1 Å². The molecule has 1 atom stereocenters. The zero-order valence-corrected chi connectivity index (χ0v) is 16.0. The largest absolute Gasteiger partial charge is 0.368 e. The number of carbonyl (C=O) groups excluding carboxylic acids is 1. The summed E-state index contributed by atoms with van der Waals surface area (Å²) in [5.41, 5.74) is 2.49. The van der Waals surface area contributed by atoms with Gasteiger partial charge in [-0.3, -0.25) is 9.59 Å². The minimum absolute atomic E-state index is 0.0585. The van der Waals surface area contributed by atoms with Gasteiger partial charge in [0.15, 0.2) is 0 Å². The van der Waals surface area contributed by atoms with Crippen LogP contribution in [0, 0.1) is 6.92 Å². The smallest absolute Gasteiger partial charge is 0.253 e. The van der Waals surface area contributed by atoms with E-state index in [2.05, 4.69) is 4.98 Å². The van der Waals surface area contributed by atoms with E-state index < -0.39 is 0 Å². The highest BCUT2D eigenvalue weighted by Gasteiger charge is 2.33. The van der Waals surface area contributed by atoms with E-state index in [9.17, 15) is 9.59 Å². The van der Waals surface area contributed by atoms with Gasteiger partial charge < -0.3 is 14.6 Å². The Labute approximate surface area is 159 Å². The van der Waals surface area contributed by atoms with E-state index in [1.54, 1.807) is 0 Å². The number of ether oxygens (including phenoxy) is 1. The summed E-state index contributed by atoms with van der Waals surface area (Å²) in [6, 6.07) is 8.15. The second kappa shape index (κ2) is 7.85. The summed E-state index contributed by atoms with van der Waals surface area (Å²) in [4.78, 5) is 30.8. The molecule has 1 N–H and O–H groups in total. The van der Waals surface area contributed by atoms with E-state index in [0.717, 1.165) is 55.0 Å². The molecule has 4 rings (SSSR count). The fourth-order valence-corrected chi connectivity index (χ4v) is 4.47. The molecule has 2 heterocycles. The molecule has 1 saturated heterocycles. The van der Waals surface area contributed by atoms with Crippen LogP contribution in [-0.2, 0) is 16.1 Å². The SMILES string of the molecule is Cc1cccc2cc(CN(C(=O)[C@@H]3CCCO3)C3CCCCC3)c(=O)[nH]c12. The normalized spacial score (nSPS) is 20.9. The Kier molecular flexibility index (Phi) is 5.30. The summed E-state index contributed by atoms with van der Waals surface area (Å²) in [6.07, 6.45) is 6.94. The Morgan fingerprint density at radius 3 is 2.74 bits per heavy atom. The number of fused-ring (bicyclic) bond motifs is 1. The Balaban J connectivity index is 1.66. The van der Waals surface area contributed by atoms with Gasteiger partial charge in [0.05, 0.1) is 12.1 Å². The first-order valence-corrected chi connectivity index (χ1v) is 10.2. The van der Waals surface area contributed by atoms with Gasteiger partial charge in [0.2, 0.25) is 0 Å². The van der Waals surface area contributed by atoms with Crippen LogP contribution in [0.2, 0.25) is 0 Å². The summed E-state index contributed by atoms with van der Waals surface area (Å²) in [6.45, 7) is 3.01. The molecule has 1 aromatic carbocycles. The average molecular weight is 368 g/mol. The van der Waals surface area contributed by atoms with Crippen molar-refractivity contribution < 1.29 is 9.53 Å². The van der Waals surface area contributed by atoms with E-state index >= 15 is 0 Å². The molecule has 0 spiro atoms. The molecular formula is C22H28N2O3. The van der Waals surface area contributed by atoms with Crippen LogP contribution in [0.25, 0.3) is 10.9 Å². The molecule has 144 valence electrons. The van der Waals surface area contributed by atoms with Crippen LogP contribution in [0.1, 0.15) is 56.1 Å². The van der Waals surface area contributed by atoms with Crippen molar-refractivity contribution in [1.82, 2.24) is 9.88 Å². The van der Waals surface area contributed by atoms with Crippen LogP contribution in [0.15, 0.2) is 29.1 Å². The van der Waals surface area contributed by atoms with Crippen LogP contribution in [-0.4, -0.2) is 34.5 Å². The lowest BCUT2D eigenvalue weighted by molar-refractivity contribution is -0.144. The molecule has 1 aromatic heterocycles. The highest BCUT2D eigenvalue weighted by atomic mass is 16.5. The molecule has 1 aliphatic carbocycles. The monoisotopic (exact) mass is 368 g/mol. The number of H-pyrrole nitrogens is 1. The van der Waals surface area contributed by atoms with E-state index in [-0.39, 0.29) is 23.6 Å². The molecule has 0 bridgehead atoms. The number of amides is 1. The predicted octanol–water partition coefficient (Wildman–Crippen LogP) is 3.68. The van der Waals surface area contributed by atoms with Crippen molar-refractivity contribution in [3.63, 3.8) is 0 Å². The standard InChI is InChI=1S/C22H28N2O3/c1-15-7-5-8-16-13-17(21(25)23-20(15)16)14-24(18-9-3-2-4-10-18)22(26)19-11-6-12-27-19/h5,7-8,13,18-19H,2-4,6,9-12,14H2,1H3,(H,23,25)/t19-/m0/s1. The second-order valence-electron chi connectivity index (χ2n) is 7.92. The van der Waals surface area contributed by atoms with Gasteiger partial charge in [-0.05, 0) is 49.6 Å². The lowest BCUT2D eigenvalue weighted by atomic mass is 9.93. The maximum absolute atomic E-state index is 13.2. The highest BCUT2D eigenvalue weighted by molar-refractivity contribution is 5.83. The molecule has 5 nitrogen and oxygen atoms in total. The van der Waals surface area contributed by atoms with Crippen LogP contribution in [0.3, 0.4) is 0 Å². The summed E-state index contributed by atoms with van der Waals surface area (Å²) < 4.78 is 5.66. The summed E-state index contributed by atoms with van der Waals surface area (Å²) in [5.74, 6) is 0.0585. The Morgan fingerprint density at radius 1 is 1.19 bits per heavy atom. The average Bonchev–Trinajstić information content (AvgIpc) is 3.22. The number of para-hydroxylation sites is 1. The van der Waals surface area contributed by atoms with Crippen LogP contribution in [0.4, 0.5) is 0 Å². The molecule has 5 heteroatoms. The Morgan fingerprint density at radius 2 is 2.00 bits per heavy atom. The Hall–Kier alpha value is -2.14. The van der Waals surface area contributed by atoms with Crippen molar-refractivity contribution in [1.29, 1.82) is 0 Å². The zero-order chi connectivity index (χ0) is 18.8. The summed E-state index contributed by atoms with van der Waals surface area (Å²) in [5, 5.41) is 1.01. The number of rotatable bonds is 4. The number of aryl methyl sites for hydroxylation is 1. The molecule has 1 saturated carbocycles. The van der Waals surface area contributed by atoms with Gasteiger partial charge >= 0.3 is 0 Å². The van der Waals surface area contributed by atoms with Crippen molar-refractivity contribution in [3.05, 3.63) is 45.7 Å². The van der Waals surface area contributed by atoms with Crippen LogP contribution >= 0.6 is 0 Å². The molecule has 27 heavy (non-hydrogen) atoms. The van der Waals surface area contributed by atoms with Crippen molar-refractivity contribution in [2.75, 3.05) is 6.61 Å². The van der Waals surface area contributed by atoms with Gasteiger partial charge in [-0.2, -0.15) is 0 Å². The van der Waals surface area contributed by atoms with Gasteiger partial charge in [-0.15, -0.1) is 0 Å². The quantitative estimate of drug-likeness (QED) is 0.895. The van der Waals surface area contributed by atoms with Crippen LogP contribution in [0.5, 0.6) is 0 Å². The molecule has 1 aliphatic heterocycles. The van der Waals surface area contributed by atoms with Gasteiger partial charge in [-0.25, -0.2) is 0 Å². The van der Waals surface area contributed by atoms with Crippen molar-refractivity contribution >= 4 is 16.8 Å². The van der Waals surface area contributed by atoms with Crippen LogP contribution < -0.4 is 5.56 Å². The third-order valence-corrected chi connectivity index (χ3v) is 6.01. The first-order chi connectivity index (χ1) is 13.1. The summed E-state index contributed by atoms with van der Waals surface area (Å²) >= 11 is 0. The number of aromatic nitrogens is 1. The van der Waals surface area contributed by atoms with Gasteiger partial charge in [0.25, 0.3) is 11.5 Å². The van der Waals surface area contributed by atoms with E-state index in [0.29, 0.717) is 18.7 Å². The topological polar surface area (TPSA) is 62.4 Å². The Bertz CT molecular complexity index is 877. The first kappa shape index (κ1) is 18.2.